The lowest BCUT2D eigenvalue weighted by molar-refractivity contribution is -0.274. The van der Waals surface area contributed by atoms with Crippen LogP contribution < -0.4 is 4.74 Å². The highest BCUT2D eigenvalue weighted by Gasteiger charge is 2.31. The van der Waals surface area contributed by atoms with E-state index in [-0.39, 0.29) is 17.0 Å². The highest BCUT2D eigenvalue weighted by Crippen LogP contribution is 2.39. The molecule has 1 saturated carbocycles. The Labute approximate surface area is 167 Å². The van der Waals surface area contributed by atoms with Crippen molar-refractivity contribution in [2.24, 2.45) is 5.92 Å². The molecular weight excluding hydrogens is 387 g/mol. The largest absolute Gasteiger partial charge is 0.573 e. The molecule has 158 valence electrons. The van der Waals surface area contributed by atoms with Crippen molar-refractivity contribution in [2.75, 3.05) is 0 Å². The van der Waals surface area contributed by atoms with Crippen LogP contribution in [0.1, 0.15) is 63.4 Å². The van der Waals surface area contributed by atoms with Gasteiger partial charge in [-0.1, -0.05) is 38.3 Å². The molecular formula is C23H25F5O. The van der Waals surface area contributed by atoms with E-state index in [4.69, 9.17) is 0 Å². The minimum Gasteiger partial charge on any atom is -0.406 e. The molecule has 0 saturated heterocycles. The maximum Gasteiger partial charge on any atom is 0.573 e. The van der Waals surface area contributed by atoms with Crippen LogP contribution in [0.15, 0.2) is 36.4 Å². The van der Waals surface area contributed by atoms with Gasteiger partial charge in [0.2, 0.25) is 0 Å². The molecule has 0 aliphatic heterocycles. The van der Waals surface area contributed by atoms with Crippen molar-refractivity contribution >= 4 is 0 Å². The van der Waals surface area contributed by atoms with Crippen molar-refractivity contribution in [3.63, 3.8) is 0 Å². The molecule has 0 heterocycles. The van der Waals surface area contributed by atoms with E-state index in [1.54, 1.807) is 0 Å². The Morgan fingerprint density at radius 3 is 2.03 bits per heavy atom. The lowest BCUT2D eigenvalue weighted by Gasteiger charge is -2.29. The van der Waals surface area contributed by atoms with E-state index in [9.17, 15) is 22.0 Å². The van der Waals surface area contributed by atoms with Gasteiger partial charge in [-0.15, -0.1) is 13.2 Å². The predicted octanol–water partition coefficient (Wildman–Crippen LogP) is 7.99. The van der Waals surface area contributed by atoms with Crippen LogP contribution in [-0.2, 0) is 0 Å². The minimum atomic E-state index is -4.81. The zero-order valence-corrected chi connectivity index (χ0v) is 16.4. The van der Waals surface area contributed by atoms with Gasteiger partial charge in [0, 0.05) is 0 Å². The summed E-state index contributed by atoms with van der Waals surface area (Å²) >= 11 is 0. The number of alkyl halides is 3. The summed E-state index contributed by atoms with van der Waals surface area (Å²) < 4.78 is 70.0. The summed E-state index contributed by atoms with van der Waals surface area (Å²) in [6.07, 6.45) is 2.83. The summed E-state index contributed by atoms with van der Waals surface area (Å²) in [5, 5.41) is 0. The molecule has 2 aromatic carbocycles. The van der Waals surface area contributed by atoms with Gasteiger partial charge in [0.1, 0.15) is 17.4 Å². The molecule has 0 radical (unpaired) electrons. The molecule has 0 unspecified atom stereocenters. The molecule has 0 amide bonds. The molecule has 1 aliphatic carbocycles. The highest BCUT2D eigenvalue weighted by molar-refractivity contribution is 5.66. The Morgan fingerprint density at radius 2 is 1.52 bits per heavy atom. The predicted molar refractivity (Wildman–Crippen MR) is 103 cm³/mol. The Kier molecular flexibility index (Phi) is 6.81. The van der Waals surface area contributed by atoms with Crippen molar-refractivity contribution < 1.29 is 26.7 Å². The number of hydrogen-bond acceptors (Lipinski definition) is 1. The third kappa shape index (κ3) is 5.71. The third-order valence-corrected chi connectivity index (χ3v) is 5.73. The second-order valence-corrected chi connectivity index (χ2v) is 7.79. The second kappa shape index (κ2) is 9.14. The number of ether oxygens (including phenoxy) is 1. The molecule has 0 bridgehead atoms. The van der Waals surface area contributed by atoms with E-state index in [0.717, 1.165) is 37.8 Å². The van der Waals surface area contributed by atoms with Gasteiger partial charge in [-0.05, 0) is 72.9 Å². The normalized spacial score (nSPS) is 19.9. The van der Waals surface area contributed by atoms with Gasteiger partial charge < -0.3 is 4.74 Å². The Bertz CT molecular complexity index is 782. The maximum atomic E-state index is 14.7. The van der Waals surface area contributed by atoms with Crippen molar-refractivity contribution in [1.29, 1.82) is 0 Å². The fraction of sp³-hybridized carbons (Fsp3) is 0.478. The number of halogens is 5. The number of hydrogen-bond donors (Lipinski definition) is 0. The zero-order valence-electron chi connectivity index (χ0n) is 16.4. The first kappa shape index (κ1) is 21.6. The topological polar surface area (TPSA) is 9.23 Å². The Balaban J connectivity index is 1.73. The summed E-state index contributed by atoms with van der Waals surface area (Å²) in [5.74, 6) is -0.972. The molecule has 2 aromatic rings. The van der Waals surface area contributed by atoms with Crippen LogP contribution in [0.4, 0.5) is 22.0 Å². The van der Waals surface area contributed by atoms with Gasteiger partial charge in [-0.25, -0.2) is 8.78 Å². The maximum absolute atomic E-state index is 14.7. The van der Waals surface area contributed by atoms with Crippen LogP contribution >= 0.6 is 0 Å². The molecule has 1 aliphatic rings. The van der Waals surface area contributed by atoms with Crippen molar-refractivity contribution in [3.05, 3.63) is 53.6 Å². The van der Waals surface area contributed by atoms with Gasteiger partial charge in [-0.2, -0.15) is 0 Å². The number of rotatable bonds is 6. The van der Waals surface area contributed by atoms with Gasteiger partial charge in [0.25, 0.3) is 0 Å². The molecule has 0 spiro atoms. The average molecular weight is 412 g/mol. The Hall–Kier alpha value is -2.11. The first-order chi connectivity index (χ1) is 13.8. The summed E-state index contributed by atoms with van der Waals surface area (Å²) in [5.41, 5.74) is 0.600. The fourth-order valence-corrected chi connectivity index (χ4v) is 4.20. The van der Waals surface area contributed by atoms with Crippen LogP contribution in [0.3, 0.4) is 0 Å². The van der Waals surface area contributed by atoms with Gasteiger partial charge in [0.15, 0.2) is 0 Å². The van der Waals surface area contributed by atoms with E-state index >= 15 is 0 Å². The second-order valence-electron chi connectivity index (χ2n) is 7.79. The highest BCUT2D eigenvalue weighted by atomic mass is 19.4. The number of unbranched alkanes of at least 4 members (excludes halogenated alkanes) is 1. The monoisotopic (exact) mass is 412 g/mol. The molecule has 0 atom stereocenters. The van der Waals surface area contributed by atoms with Crippen LogP contribution in [0.25, 0.3) is 11.1 Å². The smallest absolute Gasteiger partial charge is 0.406 e. The molecule has 29 heavy (non-hydrogen) atoms. The van der Waals surface area contributed by atoms with Crippen molar-refractivity contribution in [1.82, 2.24) is 0 Å². The molecule has 0 aromatic heterocycles. The quantitative estimate of drug-likeness (QED) is 0.437. The zero-order chi connectivity index (χ0) is 21.0. The van der Waals surface area contributed by atoms with Crippen molar-refractivity contribution in [3.8, 4) is 16.9 Å². The average Bonchev–Trinajstić information content (AvgIpc) is 2.66. The summed E-state index contributed by atoms with van der Waals surface area (Å²) in [6, 6.07) is 7.29. The van der Waals surface area contributed by atoms with Crippen LogP contribution in [0.5, 0.6) is 5.75 Å². The lowest BCUT2D eigenvalue weighted by Crippen LogP contribution is -2.17. The number of benzene rings is 2. The van der Waals surface area contributed by atoms with Crippen molar-refractivity contribution in [2.45, 2.75) is 64.1 Å². The standard InChI is InChI=1S/C23H25F5O/c1-2-3-4-15-5-7-16(8-6-15)18-13-20(24)22(21(25)14-18)17-9-11-19(12-10-17)29-23(26,27)28/h9-16H,2-8H2,1H3. The Morgan fingerprint density at radius 1 is 0.931 bits per heavy atom. The van der Waals surface area contributed by atoms with Gasteiger partial charge in [-0.3, -0.25) is 0 Å². The molecule has 0 N–H and O–H groups in total. The van der Waals surface area contributed by atoms with E-state index in [2.05, 4.69) is 11.7 Å². The molecule has 1 nitrogen and oxygen atoms in total. The molecule has 6 heteroatoms. The molecule has 1 fully saturated rings. The van der Waals surface area contributed by atoms with Crippen LogP contribution in [-0.4, -0.2) is 6.36 Å². The van der Waals surface area contributed by atoms with E-state index in [1.807, 2.05) is 0 Å². The fourth-order valence-electron chi connectivity index (χ4n) is 4.20. The van der Waals surface area contributed by atoms with E-state index in [1.165, 1.54) is 43.5 Å². The first-order valence-electron chi connectivity index (χ1n) is 10.1. The summed E-state index contributed by atoms with van der Waals surface area (Å²) in [6.45, 7) is 2.18. The van der Waals surface area contributed by atoms with Gasteiger partial charge >= 0.3 is 6.36 Å². The third-order valence-electron chi connectivity index (χ3n) is 5.73. The first-order valence-corrected chi connectivity index (χ1v) is 10.1. The van der Waals surface area contributed by atoms with Crippen LogP contribution in [0, 0.1) is 17.6 Å². The van der Waals surface area contributed by atoms with E-state index in [0.29, 0.717) is 11.5 Å². The van der Waals surface area contributed by atoms with Crippen LogP contribution in [0.2, 0.25) is 0 Å². The lowest BCUT2D eigenvalue weighted by atomic mass is 9.77. The minimum absolute atomic E-state index is 0.147. The summed E-state index contributed by atoms with van der Waals surface area (Å²) in [7, 11) is 0. The van der Waals surface area contributed by atoms with E-state index < -0.39 is 23.7 Å². The molecule has 3 rings (SSSR count). The SMILES string of the molecule is CCCCC1CCC(c2cc(F)c(-c3ccc(OC(F)(F)F)cc3)c(F)c2)CC1. The van der Waals surface area contributed by atoms with Gasteiger partial charge in [0.05, 0.1) is 5.56 Å². The summed E-state index contributed by atoms with van der Waals surface area (Å²) in [4.78, 5) is 0.